The van der Waals surface area contributed by atoms with E-state index < -0.39 is 12.3 Å². The van der Waals surface area contributed by atoms with E-state index in [1.54, 1.807) is 19.1 Å². The second-order valence-corrected chi connectivity index (χ2v) is 4.35. The van der Waals surface area contributed by atoms with E-state index in [9.17, 15) is 9.18 Å². The van der Waals surface area contributed by atoms with Gasteiger partial charge in [-0.3, -0.25) is 0 Å². The lowest BCUT2D eigenvalue weighted by Gasteiger charge is -2.12. The third-order valence-electron chi connectivity index (χ3n) is 2.12. The molecule has 0 radical (unpaired) electrons. The first-order chi connectivity index (χ1) is 7.95. The zero-order valence-electron chi connectivity index (χ0n) is 9.92. The van der Waals surface area contributed by atoms with E-state index in [1.165, 1.54) is 0 Å². The Morgan fingerprint density at radius 2 is 1.94 bits per heavy atom. The fraction of sp³-hybridized carbons (Fsp3) is 0.417. The van der Waals surface area contributed by atoms with Crippen molar-refractivity contribution in [1.82, 2.24) is 0 Å². The normalized spacial score (nSPS) is 12.1. The van der Waals surface area contributed by atoms with E-state index >= 15 is 0 Å². The molecule has 0 aromatic heterocycles. The molecule has 1 aromatic rings. The highest BCUT2D eigenvalue weighted by Crippen LogP contribution is 2.27. The Morgan fingerprint density at radius 1 is 1.41 bits per heavy atom. The molecule has 0 aliphatic heterocycles. The molecule has 0 aliphatic carbocycles. The van der Waals surface area contributed by atoms with Crippen LogP contribution >= 0.6 is 15.9 Å². The highest BCUT2D eigenvalue weighted by molar-refractivity contribution is 9.10. The zero-order chi connectivity index (χ0) is 13.0. The van der Waals surface area contributed by atoms with Crippen LogP contribution in [0, 0.1) is 13.8 Å². The number of carbonyl (C=O) groups is 1. The van der Waals surface area contributed by atoms with Gasteiger partial charge >= 0.3 is 12.3 Å². The largest absolute Gasteiger partial charge is 0.461 e. The van der Waals surface area contributed by atoms with Gasteiger partial charge in [0.2, 0.25) is 0 Å². The molecule has 0 bridgehead atoms. The van der Waals surface area contributed by atoms with Crippen LogP contribution in [-0.2, 0) is 9.53 Å². The highest BCUT2D eigenvalue weighted by atomic mass is 79.9. The lowest BCUT2D eigenvalue weighted by Crippen LogP contribution is -2.24. The summed E-state index contributed by atoms with van der Waals surface area (Å²) in [7, 11) is 0. The molecule has 0 amide bonds. The van der Waals surface area contributed by atoms with E-state index in [1.807, 2.05) is 13.8 Å². The summed E-state index contributed by atoms with van der Waals surface area (Å²) in [6, 6.07) is 3.31. The molecule has 0 fully saturated rings. The molecule has 94 valence electrons. The van der Waals surface area contributed by atoms with Crippen LogP contribution in [0.25, 0.3) is 0 Å². The van der Waals surface area contributed by atoms with Crippen LogP contribution < -0.4 is 4.74 Å². The van der Waals surface area contributed by atoms with Crippen molar-refractivity contribution >= 4 is 21.9 Å². The number of aryl methyl sites for hydroxylation is 2. The molecule has 0 saturated carbocycles. The number of carbonyl (C=O) groups excluding carboxylic acids is 1. The van der Waals surface area contributed by atoms with Crippen molar-refractivity contribution in [3.05, 3.63) is 27.7 Å². The van der Waals surface area contributed by atoms with Crippen LogP contribution in [0.1, 0.15) is 18.1 Å². The maximum atomic E-state index is 13.3. The van der Waals surface area contributed by atoms with Crippen LogP contribution in [0.15, 0.2) is 16.6 Å². The molecule has 1 rings (SSSR count). The molecule has 5 heteroatoms. The van der Waals surface area contributed by atoms with Crippen molar-refractivity contribution in [1.29, 1.82) is 0 Å². The Kier molecular flexibility index (Phi) is 4.93. The van der Waals surface area contributed by atoms with Gasteiger partial charge in [-0.2, -0.15) is 4.39 Å². The van der Waals surface area contributed by atoms with Crippen LogP contribution in [0.4, 0.5) is 4.39 Å². The van der Waals surface area contributed by atoms with Crippen LogP contribution in [0.2, 0.25) is 0 Å². The van der Waals surface area contributed by atoms with E-state index in [2.05, 4.69) is 20.7 Å². The Labute approximate surface area is 108 Å². The molecule has 0 N–H and O–H groups in total. The SMILES string of the molecule is CCOC(=O)C(F)Oc1cc(C)c(Br)c(C)c1. The number of esters is 1. The van der Waals surface area contributed by atoms with Gasteiger partial charge in [0.15, 0.2) is 0 Å². The molecule has 17 heavy (non-hydrogen) atoms. The highest BCUT2D eigenvalue weighted by Gasteiger charge is 2.20. The van der Waals surface area contributed by atoms with Crippen molar-refractivity contribution in [2.45, 2.75) is 27.1 Å². The van der Waals surface area contributed by atoms with Crippen LogP contribution in [-0.4, -0.2) is 18.9 Å². The number of hydrogen-bond acceptors (Lipinski definition) is 3. The molecule has 0 heterocycles. The Morgan fingerprint density at radius 3 is 2.41 bits per heavy atom. The second-order valence-electron chi connectivity index (χ2n) is 3.56. The summed E-state index contributed by atoms with van der Waals surface area (Å²) in [5, 5.41) is 0. The van der Waals surface area contributed by atoms with E-state index in [-0.39, 0.29) is 6.61 Å². The number of hydrogen-bond donors (Lipinski definition) is 0. The predicted octanol–water partition coefficient (Wildman–Crippen LogP) is 3.30. The first kappa shape index (κ1) is 14.0. The molecule has 1 aromatic carbocycles. The number of alkyl halides is 1. The third-order valence-corrected chi connectivity index (χ3v) is 3.37. The second kappa shape index (κ2) is 6.00. The Bertz CT molecular complexity index is 397. The summed E-state index contributed by atoms with van der Waals surface area (Å²) in [6.45, 7) is 5.46. The van der Waals surface area contributed by atoms with Gasteiger partial charge in [-0.15, -0.1) is 0 Å². The van der Waals surface area contributed by atoms with Crippen molar-refractivity contribution < 1.29 is 18.7 Å². The Balaban J connectivity index is 2.78. The van der Waals surface area contributed by atoms with Gasteiger partial charge in [-0.05, 0) is 44.0 Å². The van der Waals surface area contributed by atoms with Gasteiger partial charge in [0.05, 0.1) is 6.61 Å². The third kappa shape index (κ3) is 3.70. The fourth-order valence-electron chi connectivity index (χ4n) is 1.35. The van der Waals surface area contributed by atoms with Gasteiger partial charge in [-0.25, -0.2) is 4.79 Å². The van der Waals surface area contributed by atoms with E-state index in [4.69, 9.17) is 4.74 Å². The van der Waals surface area contributed by atoms with Gasteiger partial charge in [-0.1, -0.05) is 15.9 Å². The monoisotopic (exact) mass is 304 g/mol. The standard InChI is InChI=1S/C12H14BrFO3/c1-4-16-12(15)11(14)17-9-5-7(2)10(13)8(3)6-9/h5-6,11H,4H2,1-3H3. The average Bonchev–Trinajstić information content (AvgIpc) is 2.26. The zero-order valence-corrected chi connectivity index (χ0v) is 11.5. The average molecular weight is 305 g/mol. The molecule has 0 spiro atoms. The van der Waals surface area contributed by atoms with Gasteiger partial charge < -0.3 is 9.47 Å². The summed E-state index contributed by atoms with van der Waals surface area (Å²) < 4.78 is 23.7. The van der Waals surface area contributed by atoms with Gasteiger partial charge in [0.1, 0.15) is 5.75 Å². The van der Waals surface area contributed by atoms with Crippen molar-refractivity contribution in [3.63, 3.8) is 0 Å². The first-order valence-corrected chi connectivity index (χ1v) is 5.99. The number of halogens is 2. The maximum Gasteiger partial charge on any atom is 0.381 e. The van der Waals surface area contributed by atoms with E-state index in [0.717, 1.165) is 15.6 Å². The molecule has 0 saturated heterocycles. The Hall–Kier alpha value is -1.10. The van der Waals surface area contributed by atoms with Crippen LogP contribution in [0.5, 0.6) is 5.75 Å². The molecular weight excluding hydrogens is 291 g/mol. The predicted molar refractivity (Wildman–Crippen MR) is 65.8 cm³/mol. The maximum absolute atomic E-state index is 13.3. The number of rotatable bonds is 4. The van der Waals surface area contributed by atoms with Crippen molar-refractivity contribution in [2.75, 3.05) is 6.61 Å². The number of benzene rings is 1. The van der Waals surface area contributed by atoms with Gasteiger partial charge in [0, 0.05) is 4.47 Å². The molecule has 3 nitrogen and oxygen atoms in total. The summed E-state index contributed by atoms with van der Waals surface area (Å²) >= 11 is 3.39. The van der Waals surface area contributed by atoms with Crippen LogP contribution in [0.3, 0.4) is 0 Å². The number of ether oxygens (including phenoxy) is 2. The lowest BCUT2D eigenvalue weighted by molar-refractivity contribution is -0.159. The summed E-state index contributed by atoms with van der Waals surface area (Å²) in [4.78, 5) is 11.1. The molecule has 0 aliphatic rings. The molecule has 1 unspecified atom stereocenters. The van der Waals surface area contributed by atoms with Gasteiger partial charge in [0.25, 0.3) is 0 Å². The fourth-order valence-corrected chi connectivity index (χ4v) is 1.58. The quantitative estimate of drug-likeness (QED) is 0.801. The molecule has 1 atom stereocenters. The minimum Gasteiger partial charge on any atom is -0.461 e. The molecular formula is C12H14BrFO3. The smallest absolute Gasteiger partial charge is 0.381 e. The summed E-state index contributed by atoms with van der Waals surface area (Å²) in [5.74, 6) is -0.700. The lowest BCUT2D eigenvalue weighted by atomic mass is 10.1. The topological polar surface area (TPSA) is 35.5 Å². The van der Waals surface area contributed by atoms with Crippen molar-refractivity contribution in [2.24, 2.45) is 0 Å². The summed E-state index contributed by atoms with van der Waals surface area (Å²) in [5.41, 5.74) is 1.83. The minimum absolute atomic E-state index is 0.126. The summed E-state index contributed by atoms with van der Waals surface area (Å²) in [6.07, 6.45) is -2.09. The van der Waals surface area contributed by atoms with Crippen molar-refractivity contribution in [3.8, 4) is 5.75 Å². The van der Waals surface area contributed by atoms with E-state index in [0.29, 0.717) is 5.75 Å². The minimum atomic E-state index is -2.09. The first-order valence-electron chi connectivity index (χ1n) is 5.19.